The third-order valence-electron chi connectivity index (χ3n) is 5.92. The van der Waals surface area contributed by atoms with Gasteiger partial charge in [-0.3, -0.25) is 0 Å². The van der Waals surface area contributed by atoms with Gasteiger partial charge >= 0.3 is 0 Å². The zero-order valence-corrected chi connectivity index (χ0v) is 22.6. The maximum absolute atomic E-state index is 6.28. The minimum Gasteiger partial charge on any atom is -0.460 e. The molecule has 1 aliphatic rings. The number of rotatable bonds is 3. The summed E-state index contributed by atoms with van der Waals surface area (Å²) in [7, 11) is 0. The van der Waals surface area contributed by atoms with Crippen molar-refractivity contribution in [2.24, 2.45) is 0 Å². The van der Waals surface area contributed by atoms with Crippen molar-refractivity contribution in [3.63, 3.8) is 0 Å². The van der Waals surface area contributed by atoms with Gasteiger partial charge in [-0.25, -0.2) is 0 Å². The smallest absolute Gasteiger partial charge is 0.142 e. The monoisotopic (exact) mass is 477 g/mol. The van der Waals surface area contributed by atoms with E-state index < -0.39 is 0 Å². The third kappa shape index (κ3) is 5.54. The van der Waals surface area contributed by atoms with Crippen molar-refractivity contribution in [3.8, 4) is 11.1 Å². The lowest BCUT2D eigenvalue weighted by Crippen LogP contribution is -1.91. The molecule has 2 nitrogen and oxygen atoms in total. The van der Waals surface area contributed by atoms with Crippen LogP contribution in [0.4, 0.5) is 11.4 Å². The van der Waals surface area contributed by atoms with Crippen LogP contribution >= 0.6 is 0 Å². The SMILES string of the molecule is C1=Cc2c(oc3c(-c4ccc(Nc5cccc6ccccc56)cc4)cccc23)CC1.CC.CC.CC. The molecule has 0 saturated heterocycles. The van der Waals surface area contributed by atoms with Crippen molar-refractivity contribution in [1.82, 2.24) is 0 Å². The molecule has 0 amide bonds. The van der Waals surface area contributed by atoms with E-state index in [4.69, 9.17) is 4.42 Å². The number of benzene rings is 4. The van der Waals surface area contributed by atoms with Crippen molar-refractivity contribution >= 4 is 39.2 Å². The molecule has 5 aromatic rings. The van der Waals surface area contributed by atoms with E-state index in [-0.39, 0.29) is 0 Å². The zero-order valence-electron chi connectivity index (χ0n) is 22.6. The second-order valence-electron chi connectivity index (χ2n) is 7.79. The molecular weight excluding hydrogens is 438 g/mol. The molecule has 1 aromatic heterocycles. The van der Waals surface area contributed by atoms with E-state index in [1.54, 1.807) is 0 Å². The Balaban J connectivity index is 0.000000563. The highest BCUT2D eigenvalue weighted by Gasteiger charge is 2.17. The standard InChI is InChI=1S/C28H21NO.3C2H6/c1-2-9-22-19(7-1)8-5-13-26(22)29-21-17-15-20(16-18-21)23-11-6-12-25-24-10-3-4-14-27(24)30-28(23)25;3*1-2/h1-3,5-13,15-18,29H,4,14H2;3*1-2H3. The quantitative estimate of drug-likeness (QED) is 0.279. The fourth-order valence-electron chi connectivity index (χ4n) is 4.42. The molecule has 186 valence electrons. The van der Waals surface area contributed by atoms with Gasteiger partial charge in [0.15, 0.2) is 0 Å². The highest BCUT2D eigenvalue weighted by atomic mass is 16.3. The zero-order chi connectivity index (χ0) is 25.9. The summed E-state index contributed by atoms with van der Waals surface area (Å²) < 4.78 is 6.28. The van der Waals surface area contributed by atoms with Crippen molar-refractivity contribution in [2.45, 2.75) is 54.4 Å². The van der Waals surface area contributed by atoms with Crippen LogP contribution in [0.3, 0.4) is 0 Å². The first-order valence-electron chi connectivity index (χ1n) is 13.4. The molecule has 1 heterocycles. The average molecular weight is 478 g/mol. The second-order valence-corrected chi connectivity index (χ2v) is 7.79. The normalized spacial score (nSPS) is 11.3. The molecular formula is C34H39NO. The summed E-state index contributed by atoms with van der Waals surface area (Å²) >= 11 is 0. The van der Waals surface area contributed by atoms with Crippen molar-refractivity contribution in [2.75, 3.05) is 5.32 Å². The Hall–Kier alpha value is -3.78. The number of hydrogen-bond acceptors (Lipinski definition) is 2. The number of furan rings is 1. The maximum Gasteiger partial charge on any atom is 0.142 e. The highest BCUT2D eigenvalue weighted by molar-refractivity contribution is 5.99. The average Bonchev–Trinajstić information content (AvgIpc) is 3.36. The number of fused-ring (bicyclic) bond motifs is 4. The molecule has 2 heteroatoms. The molecule has 1 N–H and O–H groups in total. The van der Waals surface area contributed by atoms with Crippen LogP contribution < -0.4 is 5.32 Å². The Bertz CT molecular complexity index is 1400. The lowest BCUT2D eigenvalue weighted by Gasteiger charge is -2.11. The van der Waals surface area contributed by atoms with Gasteiger partial charge < -0.3 is 9.73 Å². The third-order valence-corrected chi connectivity index (χ3v) is 5.92. The van der Waals surface area contributed by atoms with Gasteiger partial charge in [-0.15, -0.1) is 0 Å². The summed E-state index contributed by atoms with van der Waals surface area (Å²) in [5.74, 6) is 1.11. The minimum atomic E-state index is 0.980. The fourth-order valence-corrected chi connectivity index (χ4v) is 4.42. The predicted octanol–water partition coefficient (Wildman–Crippen LogP) is 11.0. The van der Waals surface area contributed by atoms with E-state index in [0.29, 0.717) is 0 Å². The Morgan fingerprint density at radius 3 is 2.11 bits per heavy atom. The second kappa shape index (κ2) is 13.3. The molecule has 4 aromatic carbocycles. The molecule has 0 atom stereocenters. The number of hydrogen-bond donors (Lipinski definition) is 1. The largest absolute Gasteiger partial charge is 0.460 e. The molecule has 0 fully saturated rings. The summed E-state index contributed by atoms with van der Waals surface area (Å²) in [4.78, 5) is 0. The summed E-state index contributed by atoms with van der Waals surface area (Å²) in [6.45, 7) is 12.0. The first-order chi connectivity index (χ1) is 17.9. The molecule has 36 heavy (non-hydrogen) atoms. The highest BCUT2D eigenvalue weighted by Crippen LogP contribution is 2.37. The van der Waals surface area contributed by atoms with Gasteiger partial charge in [-0.1, -0.05) is 120 Å². The molecule has 6 rings (SSSR count). The van der Waals surface area contributed by atoms with Crippen LogP contribution in [-0.2, 0) is 6.42 Å². The van der Waals surface area contributed by atoms with Gasteiger partial charge in [0.25, 0.3) is 0 Å². The van der Waals surface area contributed by atoms with Crippen molar-refractivity contribution in [3.05, 3.63) is 102 Å². The van der Waals surface area contributed by atoms with E-state index >= 15 is 0 Å². The number of nitrogens with one attached hydrogen (secondary N) is 1. The van der Waals surface area contributed by atoms with Gasteiger partial charge in [0.1, 0.15) is 11.3 Å². The van der Waals surface area contributed by atoms with Gasteiger partial charge in [0.2, 0.25) is 0 Å². The van der Waals surface area contributed by atoms with Gasteiger partial charge in [-0.05, 0) is 35.6 Å². The van der Waals surface area contributed by atoms with Crippen molar-refractivity contribution in [1.29, 1.82) is 0 Å². The Labute approximate surface area is 216 Å². The van der Waals surface area contributed by atoms with Crippen LogP contribution in [0, 0.1) is 0 Å². The fraction of sp³-hybridized carbons (Fsp3) is 0.235. The number of anilines is 2. The van der Waals surface area contributed by atoms with Gasteiger partial charge in [-0.2, -0.15) is 0 Å². The van der Waals surface area contributed by atoms with E-state index in [1.165, 1.54) is 27.3 Å². The molecule has 0 bridgehead atoms. The molecule has 0 radical (unpaired) electrons. The number of para-hydroxylation sites is 1. The Morgan fingerprint density at radius 1 is 0.667 bits per heavy atom. The van der Waals surface area contributed by atoms with Crippen LogP contribution in [0.1, 0.15) is 59.3 Å². The minimum absolute atomic E-state index is 0.980. The lowest BCUT2D eigenvalue weighted by atomic mass is 9.99. The van der Waals surface area contributed by atoms with E-state index in [2.05, 4.69) is 102 Å². The van der Waals surface area contributed by atoms with Crippen molar-refractivity contribution < 1.29 is 4.42 Å². The first kappa shape index (κ1) is 26.8. The summed E-state index contributed by atoms with van der Waals surface area (Å²) in [6.07, 6.45) is 6.47. The Kier molecular flexibility index (Phi) is 9.94. The number of aryl methyl sites for hydroxylation is 1. The van der Waals surface area contributed by atoms with Crippen LogP contribution in [0.2, 0.25) is 0 Å². The van der Waals surface area contributed by atoms with E-state index in [0.717, 1.165) is 41.1 Å². The maximum atomic E-state index is 6.28. The summed E-state index contributed by atoms with van der Waals surface area (Å²) in [5, 5.41) is 7.24. The van der Waals surface area contributed by atoms with Gasteiger partial charge in [0.05, 0.1) is 0 Å². The summed E-state index contributed by atoms with van der Waals surface area (Å²) in [6, 6.07) is 29.8. The van der Waals surface area contributed by atoms with E-state index in [1.807, 2.05) is 41.5 Å². The summed E-state index contributed by atoms with van der Waals surface area (Å²) in [5.41, 5.74) is 6.74. The van der Waals surface area contributed by atoms with Crippen LogP contribution in [-0.4, -0.2) is 0 Å². The number of allylic oxidation sites excluding steroid dienone is 1. The van der Waals surface area contributed by atoms with Gasteiger partial charge in [0, 0.05) is 39.7 Å². The first-order valence-corrected chi connectivity index (χ1v) is 13.4. The van der Waals surface area contributed by atoms with Crippen LogP contribution in [0.5, 0.6) is 0 Å². The topological polar surface area (TPSA) is 25.2 Å². The molecule has 0 aliphatic heterocycles. The Morgan fingerprint density at radius 2 is 1.33 bits per heavy atom. The van der Waals surface area contributed by atoms with E-state index in [9.17, 15) is 0 Å². The predicted molar refractivity (Wildman–Crippen MR) is 160 cm³/mol. The molecule has 0 unspecified atom stereocenters. The molecule has 1 aliphatic carbocycles. The van der Waals surface area contributed by atoms with Crippen LogP contribution in [0.15, 0.2) is 95.4 Å². The lowest BCUT2D eigenvalue weighted by molar-refractivity contribution is 0.547. The van der Waals surface area contributed by atoms with Crippen LogP contribution in [0.25, 0.3) is 38.9 Å². The molecule has 0 saturated carbocycles. The molecule has 0 spiro atoms.